The van der Waals surface area contributed by atoms with Gasteiger partial charge in [-0.2, -0.15) is 10.2 Å². The average Bonchev–Trinajstić information content (AvgIpc) is 3.30. The van der Waals surface area contributed by atoms with Gasteiger partial charge in [-0.3, -0.25) is 9.58 Å². The summed E-state index contributed by atoms with van der Waals surface area (Å²) in [5.74, 6) is 0.687. The zero-order valence-electron chi connectivity index (χ0n) is 15.0. The second-order valence-electron chi connectivity index (χ2n) is 6.79. The third-order valence-electron chi connectivity index (χ3n) is 4.70. The minimum atomic E-state index is -0.514. The number of hydrogen-bond donors (Lipinski definition) is 1. The van der Waals surface area contributed by atoms with Crippen LogP contribution in [0, 0.1) is 6.92 Å². The van der Waals surface area contributed by atoms with E-state index >= 15 is 0 Å². The predicted octanol–water partition coefficient (Wildman–Crippen LogP) is 1.54. The molecule has 1 fully saturated rings. The van der Waals surface area contributed by atoms with Gasteiger partial charge in [-0.05, 0) is 19.1 Å². The summed E-state index contributed by atoms with van der Waals surface area (Å²) in [4.78, 5) is 2.20. The molecule has 1 aliphatic heterocycles. The van der Waals surface area contributed by atoms with Crippen molar-refractivity contribution in [2.45, 2.75) is 25.7 Å². The van der Waals surface area contributed by atoms with Gasteiger partial charge < -0.3 is 9.84 Å². The Bertz CT molecular complexity index is 873. The van der Waals surface area contributed by atoms with Gasteiger partial charge in [0.1, 0.15) is 12.2 Å². The number of para-hydroxylation sites is 1. The van der Waals surface area contributed by atoms with Crippen LogP contribution in [-0.2, 0) is 13.6 Å². The lowest BCUT2D eigenvalue weighted by Gasteiger charge is -2.15. The molecule has 7 nitrogen and oxygen atoms in total. The van der Waals surface area contributed by atoms with E-state index in [4.69, 9.17) is 4.74 Å². The maximum atomic E-state index is 10.3. The van der Waals surface area contributed by atoms with Gasteiger partial charge in [0.2, 0.25) is 0 Å². The monoisotopic (exact) mass is 353 g/mol. The molecule has 2 atom stereocenters. The van der Waals surface area contributed by atoms with Gasteiger partial charge in [-0.1, -0.05) is 18.2 Å². The van der Waals surface area contributed by atoms with Crippen molar-refractivity contribution in [3.63, 3.8) is 0 Å². The average molecular weight is 353 g/mol. The second-order valence-corrected chi connectivity index (χ2v) is 6.79. The molecule has 0 saturated carbocycles. The van der Waals surface area contributed by atoms with Crippen molar-refractivity contribution < 1.29 is 9.84 Å². The van der Waals surface area contributed by atoms with Crippen LogP contribution < -0.4 is 4.74 Å². The lowest BCUT2D eigenvalue weighted by Crippen LogP contribution is -2.29. The van der Waals surface area contributed by atoms with Crippen LogP contribution >= 0.6 is 0 Å². The standard InChI is InChI=1S/C19H23N5O2/c1-14-15(10-24(21-14)16-6-4-3-5-7-16)9-23-12-18(25)19(13-23)26-17-8-20-22(2)11-17/h3-8,10-11,18-19,25H,9,12-13H2,1-2H3/t18-,19-/m1/s1. The number of likely N-dealkylation sites (tertiary alicyclic amines) is 1. The minimum absolute atomic E-state index is 0.247. The number of benzene rings is 1. The van der Waals surface area contributed by atoms with Crippen molar-refractivity contribution in [2.24, 2.45) is 7.05 Å². The summed E-state index contributed by atoms with van der Waals surface area (Å²) in [5, 5.41) is 19.1. The van der Waals surface area contributed by atoms with Crippen LogP contribution in [0.1, 0.15) is 11.3 Å². The first-order valence-corrected chi connectivity index (χ1v) is 8.75. The van der Waals surface area contributed by atoms with Crippen LogP contribution in [0.3, 0.4) is 0 Å². The highest BCUT2D eigenvalue weighted by molar-refractivity contribution is 5.32. The summed E-state index contributed by atoms with van der Waals surface area (Å²) in [6.07, 6.45) is 4.78. The smallest absolute Gasteiger partial charge is 0.157 e. The van der Waals surface area contributed by atoms with Crippen molar-refractivity contribution in [3.8, 4) is 11.4 Å². The third kappa shape index (κ3) is 3.49. The number of nitrogens with zero attached hydrogens (tertiary/aromatic N) is 5. The van der Waals surface area contributed by atoms with Gasteiger partial charge in [0.15, 0.2) is 5.75 Å². The van der Waals surface area contributed by atoms with Gasteiger partial charge in [0, 0.05) is 38.4 Å². The van der Waals surface area contributed by atoms with Gasteiger partial charge in [0.05, 0.1) is 23.8 Å². The van der Waals surface area contributed by atoms with E-state index in [-0.39, 0.29) is 6.10 Å². The van der Waals surface area contributed by atoms with E-state index in [9.17, 15) is 5.11 Å². The maximum absolute atomic E-state index is 10.3. The summed E-state index contributed by atoms with van der Waals surface area (Å²) in [5.41, 5.74) is 3.20. The molecule has 3 heterocycles. The summed E-state index contributed by atoms with van der Waals surface area (Å²) in [6, 6.07) is 10.1. The summed E-state index contributed by atoms with van der Waals surface area (Å²) < 4.78 is 9.48. The number of ether oxygens (including phenoxy) is 1. The van der Waals surface area contributed by atoms with E-state index in [1.54, 1.807) is 10.9 Å². The Morgan fingerprint density at radius 3 is 2.73 bits per heavy atom. The first-order valence-electron chi connectivity index (χ1n) is 8.75. The number of aliphatic hydroxyl groups is 1. The zero-order chi connectivity index (χ0) is 18.1. The molecule has 136 valence electrons. The fourth-order valence-corrected chi connectivity index (χ4v) is 3.32. The molecule has 0 amide bonds. The molecule has 0 unspecified atom stereocenters. The Morgan fingerprint density at radius 1 is 1.19 bits per heavy atom. The number of aliphatic hydroxyl groups excluding tert-OH is 1. The van der Waals surface area contributed by atoms with Crippen LogP contribution in [0.15, 0.2) is 48.9 Å². The summed E-state index contributed by atoms with van der Waals surface area (Å²) in [7, 11) is 1.84. The molecule has 0 bridgehead atoms. The van der Waals surface area contributed by atoms with Crippen molar-refractivity contribution >= 4 is 0 Å². The number of rotatable bonds is 5. The van der Waals surface area contributed by atoms with E-state index in [2.05, 4.69) is 21.3 Å². The molecular formula is C19H23N5O2. The van der Waals surface area contributed by atoms with Crippen molar-refractivity contribution in [2.75, 3.05) is 13.1 Å². The molecule has 0 aliphatic carbocycles. The SMILES string of the molecule is Cc1nn(-c2ccccc2)cc1CN1C[C@@H](O)[C@H](Oc2cnn(C)c2)C1. The molecule has 2 aromatic heterocycles. The first kappa shape index (κ1) is 16.8. The Morgan fingerprint density at radius 2 is 2.00 bits per heavy atom. The van der Waals surface area contributed by atoms with Crippen LogP contribution in [0.2, 0.25) is 0 Å². The van der Waals surface area contributed by atoms with Crippen LogP contribution in [0.5, 0.6) is 5.75 Å². The molecular weight excluding hydrogens is 330 g/mol. The molecule has 1 aliphatic rings. The summed E-state index contributed by atoms with van der Waals surface area (Å²) >= 11 is 0. The highest BCUT2D eigenvalue weighted by atomic mass is 16.5. The lowest BCUT2D eigenvalue weighted by atomic mass is 10.2. The van der Waals surface area contributed by atoms with E-state index in [1.807, 2.05) is 55.2 Å². The Balaban J connectivity index is 1.42. The van der Waals surface area contributed by atoms with Crippen molar-refractivity contribution in [3.05, 3.63) is 60.2 Å². The minimum Gasteiger partial charge on any atom is -0.483 e. The fraction of sp³-hybridized carbons (Fsp3) is 0.368. The largest absolute Gasteiger partial charge is 0.483 e. The van der Waals surface area contributed by atoms with Gasteiger partial charge in [-0.15, -0.1) is 0 Å². The second kappa shape index (κ2) is 6.93. The van der Waals surface area contributed by atoms with Crippen LogP contribution in [0.25, 0.3) is 5.69 Å². The van der Waals surface area contributed by atoms with Crippen molar-refractivity contribution in [1.29, 1.82) is 0 Å². The van der Waals surface area contributed by atoms with Crippen LogP contribution in [0.4, 0.5) is 0 Å². The third-order valence-corrected chi connectivity index (χ3v) is 4.70. The molecule has 1 aromatic carbocycles. The highest BCUT2D eigenvalue weighted by Crippen LogP contribution is 2.21. The molecule has 7 heteroatoms. The Kier molecular flexibility index (Phi) is 4.48. The summed E-state index contributed by atoms with van der Waals surface area (Å²) in [6.45, 7) is 4.01. The molecule has 3 aromatic rings. The maximum Gasteiger partial charge on any atom is 0.157 e. The highest BCUT2D eigenvalue weighted by Gasteiger charge is 2.33. The van der Waals surface area contributed by atoms with Gasteiger partial charge in [-0.25, -0.2) is 4.68 Å². The molecule has 1 N–H and O–H groups in total. The molecule has 4 rings (SSSR count). The zero-order valence-corrected chi connectivity index (χ0v) is 15.0. The topological polar surface area (TPSA) is 68.3 Å². The van der Waals surface area contributed by atoms with E-state index in [0.29, 0.717) is 18.8 Å². The number of hydrogen-bond acceptors (Lipinski definition) is 5. The predicted molar refractivity (Wildman–Crippen MR) is 97.2 cm³/mol. The van der Waals surface area contributed by atoms with E-state index in [0.717, 1.165) is 23.5 Å². The number of aryl methyl sites for hydroxylation is 2. The normalized spacial score (nSPS) is 20.6. The van der Waals surface area contributed by atoms with Crippen LogP contribution in [-0.4, -0.2) is 54.9 Å². The molecule has 1 saturated heterocycles. The Hall–Kier alpha value is -2.64. The van der Waals surface area contributed by atoms with Gasteiger partial charge >= 0.3 is 0 Å². The van der Waals surface area contributed by atoms with Crippen molar-refractivity contribution in [1.82, 2.24) is 24.5 Å². The number of aromatic nitrogens is 4. The first-order chi connectivity index (χ1) is 12.6. The quantitative estimate of drug-likeness (QED) is 0.754. The van der Waals surface area contributed by atoms with E-state index in [1.165, 1.54) is 0 Å². The van der Waals surface area contributed by atoms with E-state index < -0.39 is 6.10 Å². The molecule has 26 heavy (non-hydrogen) atoms. The molecule has 0 radical (unpaired) electrons. The number of β-amino-alcohol motifs (C(OH)–C–C–N with tert-alkyl or cyclic N) is 1. The molecule has 0 spiro atoms. The fourth-order valence-electron chi connectivity index (χ4n) is 3.32. The Labute approximate surface area is 152 Å². The van der Waals surface area contributed by atoms with Gasteiger partial charge in [0.25, 0.3) is 0 Å². The lowest BCUT2D eigenvalue weighted by molar-refractivity contribution is 0.0736.